The van der Waals surface area contributed by atoms with Gasteiger partial charge in [0.05, 0.1) is 12.7 Å². The fraction of sp³-hybridized carbons (Fsp3) is 0.474. The second-order valence-corrected chi connectivity index (χ2v) is 6.54. The predicted octanol–water partition coefficient (Wildman–Crippen LogP) is 2.17. The number of ether oxygens (including phenoxy) is 1. The van der Waals surface area contributed by atoms with Gasteiger partial charge in [-0.1, -0.05) is 6.92 Å². The van der Waals surface area contributed by atoms with Crippen LogP contribution in [-0.4, -0.2) is 40.1 Å². The second kappa shape index (κ2) is 8.12. The molecule has 0 saturated carbocycles. The first-order chi connectivity index (χ1) is 12.5. The van der Waals surface area contributed by atoms with Gasteiger partial charge >= 0.3 is 0 Å². The molecular weight excluding hydrogens is 330 g/mol. The molecule has 0 unspecified atom stereocenters. The zero-order valence-electron chi connectivity index (χ0n) is 15.5. The highest BCUT2D eigenvalue weighted by atomic mass is 16.5. The number of hydrogen-bond donors (Lipinski definition) is 1. The zero-order chi connectivity index (χ0) is 18.5. The SMILES string of the molecule is CCC(=O)NCc1ccncc1O[C@H]1CCN(c2nc(C)cc(C)n2)C1. The van der Waals surface area contributed by atoms with Crippen LogP contribution >= 0.6 is 0 Å². The molecule has 3 heterocycles. The third kappa shape index (κ3) is 4.47. The van der Waals surface area contributed by atoms with Gasteiger partial charge in [0.15, 0.2) is 0 Å². The normalized spacial score (nSPS) is 16.6. The number of rotatable bonds is 6. The molecular formula is C19H25N5O2. The van der Waals surface area contributed by atoms with Crippen molar-refractivity contribution in [2.24, 2.45) is 0 Å². The van der Waals surface area contributed by atoms with Crippen LogP contribution in [0.5, 0.6) is 5.75 Å². The molecule has 2 aromatic heterocycles. The Bertz CT molecular complexity index is 760. The number of nitrogens with one attached hydrogen (secondary N) is 1. The van der Waals surface area contributed by atoms with E-state index in [0.29, 0.717) is 13.0 Å². The summed E-state index contributed by atoms with van der Waals surface area (Å²) in [5.74, 6) is 1.50. The maximum Gasteiger partial charge on any atom is 0.225 e. The molecule has 1 saturated heterocycles. The van der Waals surface area contributed by atoms with Crippen LogP contribution in [0, 0.1) is 13.8 Å². The van der Waals surface area contributed by atoms with E-state index < -0.39 is 0 Å². The quantitative estimate of drug-likeness (QED) is 0.855. The van der Waals surface area contributed by atoms with Crippen LogP contribution in [0.25, 0.3) is 0 Å². The smallest absolute Gasteiger partial charge is 0.225 e. The largest absolute Gasteiger partial charge is 0.487 e. The number of nitrogens with zero attached hydrogens (tertiary/aromatic N) is 4. The Morgan fingerprint density at radius 2 is 2.12 bits per heavy atom. The van der Waals surface area contributed by atoms with E-state index in [9.17, 15) is 4.79 Å². The van der Waals surface area contributed by atoms with Gasteiger partial charge in [0, 0.05) is 49.1 Å². The summed E-state index contributed by atoms with van der Waals surface area (Å²) in [6.07, 6.45) is 4.83. The molecule has 0 aromatic carbocycles. The van der Waals surface area contributed by atoms with Crippen molar-refractivity contribution in [2.45, 2.75) is 46.3 Å². The van der Waals surface area contributed by atoms with Crippen molar-refractivity contribution in [3.8, 4) is 5.75 Å². The summed E-state index contributed by atoms with van der Waals surface area (Å²) in [4.78, 5) is 26.9. The van der Waals surface area contributed by atoms with E-state index >= 15 is 0 Å². The topological polar surface area (TPSA) is 80.2 Å². The number of carbonyl (C=O) groups is 1. The molecule has 7 nitrogen and oxygen atoms in total. The summed E-state index contributed by atoms with van der Waals surface area (Å²) in [5, 5.41) is 2.88. The first-order valence-electron chi connectivity index (χ1n) is 8.98. The van der Waals surface area contributed by atoms with Crippen molar-refractivity contribution in [1.29, 1.82) is 0 Å². The van der Waals surface area contributed by atoms with Crippen LogP contribution in [0.2, 0.25) is 0 Å². The van der Waals surface area contributed by atoms with Crippen molar-refractivity contribution in [2.75, 3.05) is 18.0 Å². The molecule has 1 aliphatic heterocycles. The molecule has 3 rings (SSSR count). The summed E-state index contributed by atoms with van der Waals surface area (Å²) in [7, 11) is 0. The minimum atomic E-state index is 0.0202. The van der Waals surface area contributed by atoms with Crippen molar-refractivity contribution < 1.29 is 9.53 Å². The van der Waals surface area contributed by atoms with E-state index in [1.165, 1.54) is 0 Å². The monoisotopic (exact) mass is 355 g/mol. The first kappa shape index (κ1) is 18.1. The molecule has 26 heavy (non-hydrogen) atoms. The van der Waals surface area contributed by atoms with Crippen molar-refractivity contribution in [3.63, 3.8) is 0 Å². The van der Waals surface area contributed by atoms with E-state index in [-0.39, 0.29) is 12.0 Å². The predicted molar refractivity (Wildman–Crippen MR) is 99.1 cm³/mol. The summed E-state index contributed by atoms with van der Waals surface area (Å²) in [5.41, 5.74) is 2.87. The lowest BCUT2D eigenvalue weighted by molar-refractivity contribution is -0.120. The van der Waals surface area contributed by atoms with Crippen molar-refractivity contribution in [1.82, 2.24) is 20.3 Å². The van der Waals surface area contributed by atoms with Crippen LogP contribution in [0.4, 0.5) is 5.95 Å². The molecule has 1 amide bonds. The highest BCUT2D eigenvalue weighted by Gasteiger charge is 2.26. The number of carbonyl (C=O) groups excluding carboxylic acids is 1. The van der Waals surface area contributed by atoms with Gasteiger partial charge in [-0.3, -0.25) is 9.78 Å². The van der Waals surface area contributed by atoms with Gasteiger partial charge in [-0.25, -0.2) is 9.97 Å². The second-order valence-electron chi connectivity index (χ2n) is 6.54. The zero-order valence-corrected chi connectivity index (χ0v) is 15.5. The fourth-order valence-corrected chi connectivity index (χ4v) is 3.01. The number of amides is 1. The van der Waals surface area contributed by atoms with Crippen molar-refractivity contribution in [3.05, 3.63) is 41.5 Å². The van der Waals surface area contributed by atoms with Gasteiger partial charge in [-0.15, -0.1) is 0 Å². The third-order valence-electron chi connectivity index (χ3n) is 4.36. The Morgan fingerprint density at radius 3 is 2.85 bits per heavy atom. The summed E-state index contributed by atoms with van der Waals surface area (Å²) >= 11 is 0. The molecule has 0 bridgehead atoms. The van der Waals surface area contributed by atoms with Crippen molar-refractivity contribution >= 4 is 11.9 Å². The Kier molecular flexibility index (Phi) is 5.65. The molecule has 138 valence electrons. The molecule has 1 fully saturated rings. The van der Waals surface area contributed by atoms with Gasteiger partial charge in [0.1, 0.15) is 11.9 Å². The van der Waals surface area contributed by atoms with Crippen LogP contribution in [0.3, 0.4) is 0 Å². The fourth-order valence-electron chi connectivity index (χ4n) is 3.01. The molecule has 0 spiro atoms. The molecule has 0 radical (unpaired) electrons. The van der Waals surface area contributed by atoms with E-state index in [4.69, 9.17) is 4.74 Å². The molecule has 7 heteroatoms. The van der Waals surface area contributed by atoms with E-state index in [0.717, 1.165) is 48.2 Å². The number of aromatic nitrogens is 3. The Hall–Kier alpha value is -2.70. The summed E-state index contributed by atoms with van der Waals surface area (Å²) in [6, 6.07) is 3.85. The highest BCUT2D eigenvalue weighted by molar-refractivity contribution is 5.75. The summed E-state index contributed by atoms with van der Waals surface area (Å²) < 4.78 is 6.17. The van der Waals surface area contributed by atoms with Gasteiger partial charge in [0.25, 0.3) is 0 Å². The van der Waals surface area contributed by atoms with Crippen LogP contribution in [0.15, 0.2) is 24.5 Å². The highest BCUT2D eigenvalue weighted by Crippen LogP contribution is 2.24. The maximum atomic E-state index is 11.5. The van der Waals surface area contributed by atoms with Gasteiger partial charge in [-0.2, -0.15) is 0 Å². The van der Waals surface area contributed by atoms with Gasteiger partial charge in [0.2, 0.25) is 11.9 Å². The molecule has 1 atom stereocenters. The van der Waals surface area contributed by atoms with Crippen LogP contribution < -0.4 is 15.0 Å². The Morgan fingerprint density at radius 1 is 1.35 bits per heavy atom. The Balaban J connectivity index is 1.64. The number of pyridine rings is 1. The van der Waals surface area contributed by atoms with E-state index in [2.05, 4.69) is 25.2 Å². The minimum Gasteiger partial charge on any atom is -0.487 e. The summed E-state index contributed by atoms with van der Waals surface area (Å²) in [6.45, 7) is 7.83. The third-order valence-corrected chi connectivity index (χ3v) is 4.36. The number of hydrogen-bond acceptors (Lipinski definition) is 6. The standard InChI is InChI=1S/C19H25N5O2/c1-4-18(25)21-10-15-5-7-20-11-17(15)26-16-6-8-24(12-16)19-22-13(2)9-14(3)23-19/h5,7,9,11,16H,4,6,8,10,12H2,1-3H3,(H,21,25)/t16-/m0/s1. The first-order valence-corrected chi connectivity index (χ1v) is 8.98. The van der Waals surface area contributed by atoms with Crippen LogP contribution in [-0.2, 0) is 11.3 Å². The van der Waals surface area contributed by atoms with E-state index in [1.54, 1.807) is 12.4 Å². The minimum absolute atomic E-state index is 0.0202. The number of anilines is 1. The van der Waals surface area contributed by atoms with E-state index in [1.807, 2.05) is 32.9 Å². The van der Waals surface area contributed by atoms with Crippen LogP contribution in [0.1, 0.15) is 36.7 Å². The Labute approximate surface area is 153 Å². The average molecular weight is 355 g/mol. The van der Waals surface area contributed by atoms with Gasteiger partial charge < -0.3 is 15.0 Å². The number of aryl methyl sites for hydroxylation is 2. The van der Waals surface area contributed by atoms with Gasteiger partial charge in [-0.05, 0) is 26.0 Å². The lowest BCUT2D eigenvalue weighted by atomic mass is 10.2. The maximum absolute atomic E-state index is 11.5. The molecule has 2 aromatic rings. The lowest BCUT2D eigenvalue weighted by Gasteiger charge is -2.19. The lowest BCUT2D eigenvalue weighted by Crippen LogP contribution is -2.27. The average Bonchev–Trinajstić information content (AvgIpc) is 3.08. The molecule has 0 aliphatic carbocycles. The molecule has 1 N–H and O–H groups in total. The molecule has 1 aliphatic rings.